The van der Waals surface area contributed by atoms with Crippen LogP contribution in [-0.2, 0) is 6.18 Å². The van der Waals surface area contributed by atoms with Crippen LogP contribution < -0.4 is 0 Å². The molecular weight excluding hydrogens is 256 g/mol. The summed E-state index contributed by atoms with van der Waals surface area (Å²) in [4.78, 5) is 0. The Kier molecular flexibility index (Phi) is 3.35. The third kappa shape index (κ3) is 2.78. The van der Waals surface area contributed by atoms with Crippen LogP contribution in [0.1, 0.15) is 16.7 Å². The molecule has 0 aliphatic heterocycles. The highest BCUT2D eigenvalue weighted by atomic mass is 19.4. The molecular formula is C15H12F4. The third-order valence-corrected chi connectivity index (χ3v) is 2.98. The van der Waals surface area contributed by atoms with Gasteiger partial charge in [-0.3, -0.25) is 0 Å². The molecule has 0 amide bonds. The molecule has 0 radical (unpaired) electrons. The zero-order valence-electron chi connectivity index (χ0n) is 10.5. The molecule has 0 N–H and O–H groups in total. The molecule has 2 rings (SSSR count). The largest absolute Gasteiger partial charge is 0.416 e. The number of aryl methyl sites for hydroxylation is 2. The molecule has 4 heteroatoms. The molecule has 2 aromatic rings. The summed E-state index contributed by atoms with van der Waals surface area (Å²) in [7, 11) is 0. The summed E-state index contributed by atoms with van der Waals surface area (Å²) in [6.45, 7) is 3.11. The van der Waals surface area contributed by atoms with E-state index in [1.54, 1.807) is 13.0 Å². The van der Waals surface area contributed by atoms with E-state index in [0.29, 0.717) is 0 Å². The maximum Gasteiger partial charge on any atom is 0.416 e. The minimum atomic E-state index is -4.43. The third-order valence-electron chi connectivity index (χ3n) is 2.98. The second kappa shape index (κ2) is 4.68. The number of hydrogen-bond acceptors (Lipinski definition) is 0. The lowest BCUT2D eigenvalue weighted by atomic mass is 9.98. The van der Waals surface area contributed by atoms with E-state index in [9.17, 15) is 17.6 Å². The van der Waals surface area contributed by atoms with Gasteiger partial charge in [-0.25, -0.2) is 4.39 Å². The summed E-state index contributed by atoms with van der Waals surface area (Å²) in [6.07, 6.45) is -4.43. The van der Waals surface area contributed by atoms with E-state index in [4.69, 9.17) is 0 Å². The van der Waals surface area contributed by atoms with Crippen molar-refractivity contribution in [1.29, 1.82) is 0 Å². The standard InChI is InChI=1S/C15H12F4/c1-9-3-6-12(14(16)7-9)11-5-4-10(2)13(8-11)15(17,18)19/h3-8H,1-2H3. The van der Waals surface area contributed by atoms with Gasteiger partial charge >= 0.3 is 6.18 Å². The van der Waals surface area contributed by atoms with Gasteiger partial charge in [0.25, 0.3) is 0 Å². The number of hydrogen-bond donors (Lipinski definition) is 0. The van der Waals surface area contributed by atoms with Crippen LogP contribution in [0.4, 0.5) is 17.6 Å². The molecule has 0 atom stereocenters. The van der Waals surface area contributed by atoms with E-state index in [2.05, 4.69) is 0 Å². The fraction of sp³-hybridized carbons (Fsp3) is 0.200. The first-order chi connectivity index (χ1) is 8.79. The number of halogens is 4. The monoisotopic (exact) mass is 268 g/mol. The van der Waals surface area contributed by atoms with E-state index >= 15 is 0 Å². The molecule has 0 aliphatic rings. The van der Waals surface area contributed by atoms with Gasteiger partial charge < -0.3 is 0 Å². The van der Waals surface area contributed by atoms with Crippen LogP contribution in [-0.4, -0.2) is 0 Å². The lowest BCUT2D eigenvalue weighted by Crippen LogP contribution is -2.07. The minimum absolute atomic E-state index is 0.128. The van der Waals surface area contributed by atoms with Crippen LogP contribution >= 0.6 is 0 Å². The van der Waals surface area contributed by atoms with Crippen LogP contribution in [0.25, 0.3) is 11.1 Å². The van der Waals surface area contributed by atoms with E-state index < -0.39 is 17.6 Å². The van der Waals surface area contributed by atoms with Gasteiger partial charge in [0.2, 0.25) is 0 Å². The highest BCUT2D eigenvalue weighted by Gasteiger charge is 2.32. The highest BCUT2D eigenvalue weighted by Crippen LogP contribution is 2.35. The first kappa shape index (κ1) is 13.6. The summed E-state index contributed by atoms with van der Waals surface area (Å²) in [6, 6.07) is 8.32. The molecule has 19 heavy (non-hydrogen) atoms. The zero-order chi connectivity index (χ0) is 14.2. The smallest absolute Gasteiger partial charge is 0.206 e. The first-order valence-electron chi connectivity index (χ1n) is 5.73. The molecule has 0 unspecified atom stereocenters. The maximum absolute atomic E-state index is 13.8. The Morgan fingerprint density at radius 2 is 1.58 bits per heavy atom. The van der Waals surface area contributed by atoms with E-state index in [0.717, 1.165) is 11.6 Å². The Hall–Kier alpha value is -1.84. The fourth-order valence-electron chi connectivity index (χ4n) is 1.95. The first-order valence-corrected chi connectivity index (χ1v) is 5.73. The van der Waals surface area contributed by atoms with Gasteiger partial charge in [-0.1, -0.05) is 24.3 Å². The number of alkyl halides is 3. The number of benzene rings is 2. The summed E-state index contributed by atoms with van der Waals surface area (Å²) in [5.74, 6) is -0.517. The molecule has 0 heterocycles. The summed E-state index contributed by atoms with van der Waals surface area (Å²) in [5, 5.41) is 0. The predicted molar refractivity (Wildman–Crippen MR) is 66.3 cm³/mol. The summed E-state index contributed by atoms with van der Waals surface area (Å²) >= 11 is 0. The lowest BCUT2D eigenvalue weighted by molar-refractivity contribution is -0.138. The minimum Gasteiger partial charge on any atom is -0.206 e. The molecule has 0 fully saturated rings. The van der Waals surface area contributed by atoms with Crippen molar-refractivity contribution in [2.75, 3.05) is 0 Å². The van der Waals surface area contributed by atoms with Gasteiger partial charge in [0.15, 0.2) is 0 Å². The van der Waals surface area contributed by atoms with Gasteiger partial charge in [-0.15, -0.1) is 0 Å². The SMILES string of the molecule is Cc1ccc(-c2ccc(C)c(C(F)(F)F)c2)c(F)c1. The van der Waals surface area contributed by atoms with Crippen molar-refractivity contribution < 1.29 is 17.6 Å². The Morgan fingerprint density at radius 1 is 0.895 bits per heavy atom. The Morgan fingerprint density at radius 3 is 2.16 bits per heavy atom. The van der Waals surface area contributed by atoms with Crippen LogP contribution in [0.2, 0.25) is 0 Å². The van der Waals surface area contributed by atoms with Crippen molar-refractivity contribution in [2.45, 2.75) is 20.0 Å². The molecule has 0 spiro atoms. The van der Waals surface area contributed by atoms with Crippen molar-refractivity contribution in [3.8, 4) is 11.1 Å². The average Bonchev–Trinajstić information content (AvgIpc) is 2.29. The molecule has 2 aromatic carbocycles. The molecule has 0 bridgehead atoms. The summed E-state index contributed by atoms with van der Waals surface area (Å²) in [5.41, 5.74) is 0.532. The van der Waals surface area contributed by atoms with Crippen molar-refractivity contribution in [1.82, 2.24) is 0 Å². The Labute approximate surface area is 108 Å². The normalized spacial score (nSPS) is 11.7. The Bertz CT molecular complexity index is 612. The van der Waals surface area contributed by atoms with E-state index in [1.165, 1.54) is 31.2 Å². The topological polar surface area (TPSA) is 0 Å². The van der Waals surface area contributed by atoms with Gasteiger partial charge in [0.05, 0.1) is 5.56 Å². The van der Waals surface area contributed by atoms with Gasteiger partial charge in [-0.05, 0) is 42.7 Å². The van der Waals surface area contributed by atoms with Crippen molar-refractivity contribution in [2.24, 2.45) is 0 Å². The quantitative estimate of drug-likeness (QED) is 0.629. The molecule has 0 aliphatic carbocycles. The van der Waals surface area contributed by atoms with Crippen molar-refractivity contribution in [3.05, 3.63) is 58.9 Å². The van der Waals surface area contributed by atoms with Gasteiger partial charge in [0.1, 0.15) is 5.82 Å². The van der Waals surface area contributed by atoms with Crippen LogP contribution in [0.3, 0.4) is 0 Å². The second-order valence-electron chi connectivity index (χ2n) is 4.51. The van der Waals surface area contributed by atoms with Crippen LogP contribution in [0.5, 0.6) is 0 Å². The molecule has 0 aromatic heterocycles. The lowest BCUT2D eigenvalue weighted by Gasteiger charge is -2.12. The summed E-state index contributed by atoms with van der Waals surface area (Å²) < 4.78 is 52.2. The zero-order valence-corrected chi connectivity index (χ0v) is 10.5. The van der Waals surface area contributed by atoms with Crippen molar-refractivity contribution in [3.63, 3.8) is 0 Å². The molecule has 100 valence electrons. The van der Waals surface area contributed by atoms with Crippen LogP contribution in [0, 0.1) is 19.7 Å². The highest BCUT2D eigenvalue weighted by molar-refractivity contribution is 5.66. The van der Waals surface area contributed by atoms with Gasteiger partial charge in [-0.2, -0.15) is 13.2 Å². The second-order valence-corrected chi connectivity index (χ2v) is 4.51. The van der Waals surface area contributed by atoms with E-state index in [-0.39, 0.29) is 16.7 Å². The average molecular weight is 268 g/mol. The van der Waals surface area contributed by atoms with Crippen LogP contribution in [0.15, 0.2) is 36.4 Å². The molecule has 0 saturated heterocycles. The molecule has 0 nitrogen and oxygen atoms in total. The van der Waals surface area contributed by atoms with E-state index in [1.807, 2.05) is 0 Å². The fourth-order valence-corrected chi connectivity index (χ4v) is 1.95. The maximum atomic E-state index is 13.8. The van der Waals surface area contributed by atoms with Crippen molar-refractivity contribution >= 4 is 0 Å². The predicted octanol–water partition coefficient (Wildman–Crippen LogP) is 5.13. The number of rotatable bonds is 1. The molecule has 0 saturated carbocycles. The van der Waals surface area contributed by atoms with Gasteiger partial charge in [0, 0.05) is 5.56 Å². The Balaban J connectivity index is 2.58.